The van der Waals surface area contributed by atoms with Gasteiger partial charge in [-0.05, 0) is 30.6 Å². The van der Waals surface area contributed by atoms with Crippen LogP contribution in [0.15, 0.2) is 15.9 Å². The molecule has 8 nitrogen and oxygen atoms in total. The Hall–Kier alpha value is -2.38. The molecule has 1 amide bonds. The maximum Gasteiger partial charge on any atom is 0.333 e. The molecule has 3 rings (SSSR count). The van der Waals surface area contributed by atoms with Gasteiger partial charge < -0.3 is 9.88 Å². The van der Waals surface area contributed by atoms with Crippen molar-refractivity contribution >= 4 is 17.1 Å². The van der Waals surface area contributed by atoms with E-state index in [1.54, 1.807) is 10.9 Å². The lowest BCUT2D eigenvalue weighted by atomic mass is 9.86. The summed E-state index contributed by atoms with van der Waals surface area (Å²) in [5, 5.41) is 3.05. The van der Waals surface area contributed by atoms with E-state index in [4.69, 9.17) is 0 Å². The molecule has 166 valence electrons. The van der Waals surface area contributed by atoms with Crippen molar-refractivity contribution < 1.29 is 4.79 Å². The molecule has 2 aromatic rings. The Morgan fingerprint density at radius 3 is 2.40 bits per heavy atom. The molecular weight excluding hydrogens is 382 g/mol. The predicted octanol–water partition coefficient (Wildman–Crippen LogP) is 2.37. The summed E-state index contributed by atoms with van der Waals surface area (Å²) >= 11 is 0. The SMILES string of the molecule is CC(C)Cn1cnc2c1c(=O)n(CC(=O)NC1CCCCC1C)c(=O)n2CC(C)C. The normalized spacial score (nSPS) is 19.7. The fraction of sp³-hybridized carbons (Fsp3) is 0.727. The van der Waals surface area contributed by atoms with Crippen LogP contribution in [-0.4, -0.2) is 30.6 Å². The summed E-state index contributed by atoms with van der Waals surface area (Å²) in [4.78, 5) is 43.6. The van der Waals surface area contributed by atoms with Crippen LogP contribution in [0, 0.1) is 17.8 Å². The molecule has 0 aromatic carbocycles. The number of hydrogen-bond acceptors (Lipinski definition) is 4. The monoisotopic (exact) mass is 417 g/mol. The summed E-state index contributed by atoms with van der Waals surface area (Å²) in [5.74, 6) is 0.645. The molecule has 0 spiro atoms. The van der Waals surface area contributed by atoms with E-state index in [2.05, 4.69) is 31.1 Å². The topological polar surface area (TPSA) is 90.9 Å². The smallest absolute Gasteiger partial charge is 0.333 e. The predicted molar refractivity (Wildman–Crippen MR) is 117 cm³/mol. The van der Waals surface area contributed by atoms with Gasteiger partial charge in [0, 0.05) is 19.1 Å². The molecular formula is C22H35N5O3. The summed E-state index contributed by atoms with van der Waals surface area (Å²) in [6, 6.07) is 0.107. The van der Waals surface area contributed by atoms with Gasteiger partial charge in [0.25, 0.3) is 5.56 Å². The molecule has 2 heterocycles. The highest BCUT2D eigenvalue weighted by atomic mass is 16.2. The van der Waals surface area contributed by atoms with Crippen LogP contribution >= 0.6 is 0 Å². The van der Waals surface area contributed by atoms with Crippen LogP contribution < -0.4 is 16.6 Å². The molecule has 0 bridgehead atoms. The lowest BCUT2D eigenvalue weighted by Crippen LogP contribution is -2.48. The molecule has 1 aliphatic carbocycles. The van der Waals surface area contributed by atoms with E-state index in [0.29, 0.717) is 36.1 Å². The van der Waals surface area contributed by atoms with Crippen molar-refractivity contribution in [1.29, 1.82) is 0 Å². The molecule has 0 saturated heterocycles. The third kappa shape index (κ3) is 4.68. The van der Waals surface area contributed by atoms with Gasteiger partial charge in [0.05, 0.1) is 6.33 Å². The first-order valence-electron chi connectivity index (χ1n) is 11.2. The first-order chi connectivity index (χ1) is 14.2. The van der Waals surface area contributed by atoms with E-state index in [0.717, 1.165) is 23.8 Å². The summed E-state index contributed by atoms with van der Waals surface area (Å²) in [7, 11) is 0. The maximum atomic E-state index is 13.3. The van der Waals surface area contributed by atoms with Crippen molar-refractivity contribution in [2.75, 3.05) is 0 Å². The summed E-state index contributed by atoms with van der Waals surface area (Å²) in [6.07, 6.45) is 5.93. The van der Waals surface area contributed by atoms with E-state index in [9.17, 15) is 14.4 Å². The zero-order valence-electron chi connectivity index (χ0n) is 18.9. The van der Waals surface area contributed by atoms with Gasteiger partial charge in [0.2, 0.25) is 5.91 Å². The molecule has 2 unspecified atom stereocenters. The standard InChI is InChI=1S/C22H35N5O3/c1-14(2)10-25-13-23-20-19(25)21(29)27(22(30)26(20)11-15(3)4)12-18(28)24-17-9-7-6-8-16(17)5/h13-17H,6-12H2,1-5H3,(H,24,28). The molecule has 1 saturated carbocycles. The Morgan fingerprint density at radius 2 is 1.77 bits per heavy atom. The van der Waals surface area contributed by atoms with Gasteiger partial charge in [-0.15, -0.1) is 0 Å². The lowest BCUT2D eigenvalue weighted by Gasteiger charge is -2.29. The van der Waals surface area contributed by atoms with E-state index in [1.807, 2.05) is 13.8 Å². The fourth-order valence-corrected chi connectivity index (χ4v) is 4.37. The second kappa shape index (κ2) is 9.18. The molecule has 2 atom stereocenters. The van der Waals surface area contributed by atoms with Crippen LogP contribution in [0.2, 0.25) is 0 Å². The Morgan fingerprint density at radius 1 is 1.10 bits per heavy atom. The van der Waals surface area contributed by atoms with Crippen molar-refractivity contribution in [2.45, 2.75) is 86.0 Å². The second-order valence-electron chi connectivity index (χ2n) is 9.58. The number of amides is 1. The quantitative estimate of drug-likeness (QED) is 0.749. The summed E-state index contributed by atoms with van der Waals surface area (Å²) in [5.41, 5.74) is -0.123. The Kier molecular flexibility index (Phi) is 6.83. The maximum absolute atomic E-state index is 13.3. The number of nitrogens with zero attached hydrogens (tertiary/aromatic N) is 4. The summed E-state index contributed by atoms with van der Waals surface area (Å²) in [6.45, 7) is 11.1. The number of carbonyl (C=O) groups is 1. The van der Waals surface area contributed by atoms with E-state index in [1.165, 1.54) is 11.0 Å². The minimum atomic E-state index is -0.470. The van der Waals surface area contributed by atoms with Gasteiger partial charge in [0.1, 0.15) is 6.54 Å². The van der Waals surface area contributed by atoms with E-state index in [-0.39, 0.29) is 24.4 Å². The van der Waals surface area contributed by atoms with Crippen LogP contribution in [0.25, 0.3) is 11.2 Å². The van der Waals surface area contributed by atoms with Gasteiger partial charge >= 0.3 is 5.69 Å². The Balaban J connectivity index is 2.01. The Bertz CT molecular complexity index is 1010. The minimum absolute atomic E-state index is 0.107. The van der Waals surface area contributed by atoms with E-state index < -0.39 is 11.2 Å². The number of carbonyl (C=O) groups excluding carboxylic acids is 1. The molecule has 0 aliphatic heterocycles. The van der Waals surface area contributed by atoms with Crippen molar-refractivity contribution in [1.82, 2.24) is 24.0 Å². The zero-order chi connectivity index (χ0) is 22.0. The third-order valence-corrected chi connectivity index (χ3v) is 5.85. The second-order valence-corrected chi connectivity index (χ2v) is 9.58. The number of fused-ring (bicyclic) bond motifs is 1. The molecule has 2 aromatic heterocycles. The van der Waals surface area contributed by atoms with Crippen molar-refractivity contribution in [2.24, 2.45) is 17.8 Å². The first kappa shape index (κ1) is 22.3. The number of imidazole rings is 1. The van der Waals surface area contributed by atoms with Gasteiger partial charge in [0.15, 0.2) is 11.2 Å². The summed E-state index contributed by atoms with van der Waals surface area (Å²) < 4.78 is 4.41. The molecule has 30 heavy (non-hydrogen) atoms. The highest BCUT2D eigenvalue weighted by Gasteiger charge is 2.25. The molecule has 1 N–H and O–H groups in total. The van der Waals surface area contributed by atoms with Gasteiger partial charge in [-0.2, -0.15) is 0 Å². The molecule has 1 aliphatic rings. The number of rotatable bonds is 7. The minimum Gasteiger partial charge on any atom is -0.352 e. The van der Waals surface area contributed by atoms with Gasteiger partial charge in [-0.25, -0.2) is 14.3 Å². The van der Waals surface area contributed by atoms with Gasteiger partial charge in [-0.1, -0.05) is 47.5 Å². The largest absolute Gasteiger partial charge is 0.352 e. The van der Waals surface area contributed by atoms with Crippen molar-refractivity contribution in [3.63, 3.8) is 0 Å². The van der Waals surface area contributed by atoms with Crippen LogP contribution in [0.4, 0.5) is 0 Å². The zero-order valence-corrected chi connectivity index (χ0v) is 18.9. The average Bonchev–Trinajstić information content (AvgIpc) is 3.07. The average molecular weight is 418 g/mol. The number of hydrogen-bond donors (Lipinski definition) is 1. The first-order valence-corrected chi connectivity index (χ1v) is 11.2. The van der Waals surface area contributed by atoms with Crippen molar-refractivity contribution in [3.8, 4) is 0 Å². The number of aromatic nitrogens is 4. The van der Waals surface area contributed by atoms with Crippen LogP contribution in [0.3, 0.4) is 0 Å². The van der Waals surface area contributed by atoms with Crippen LogP contribution in [0.5, 0.6) is 0 Å². The van der Waals surface area contributed by atoms with Crippen LogP contribution in [-0.2, 0) is 24.4 Å². The van der Waals surface area contributed by atoms with Crippen LogP contribution in [0.1, 0.15) is 60.3 Å². The Labute approximate surface area is 177 Å². The van der Waals surface area contributed by atoms with Crippen molar-refractivity contribution in [3.05, 3.63) is 27.2 Å². The highest BCUT2D eigenvalue weighted by molar-refractivity contribution is 5.77. The molecule has 8 heteroatoms. The van der Waals surface area contributed by atoms with E-state index >= 15 is 0 Å². The highest BCUT2D eigenvalue weighted by Crippen LogP contribution is 2.23. The molecule has 0 radical (unpaired) electrons. The fourth-order valence-electron chi connectivity index (χ4n) is 4.37. The lowest BCUT2D eigenvalue weighted by molar-refractivity contribution is -0.123. The van der Waals surface area contributed by atoms with Gasteiger partial charge in [-0.3, -0.25) is 14.2 Å². The third-order valence-electron chi connectivity index (χ3n) is 5.85. The molecule has 1 fully saturated rings. The number of nitrogens with one attached hydrogen (secondary N) is 1.